The van der Waals surface area contributed by atoms with Gasteiger partial charge >= 0.3 is 0 Å². The Kier molecular flexibility index (Phi) is 12.6. The Balaban J connectivity index is 1.22. The number of hydrogen-bond acceptors (Lipinski definition) is 4. The molecule has 0 saturated carbocycles. The van der Waals surface area contributed by atoms with E-state index in [1.807, 2.05) is 25.2 Å². The third-order valence-corrected chi connectivity index (χ3v) is 10.8. The average Bonchev–Trinajstić information content (AvgIpc) is 3.29. The predicted molar refractivity (Wildman–Crippen MR) is 266 cm³/mol. The Hall–Kier alpha value is -7.82. The fraction of sp³-hybridized carbons (Fsp3) is 0.0690. The third kappa shape index (κ3) is 9.31. The Bertz CT molecular complexity index is 2660. The number of rotatable bonds is 14. The van der Waals surface area contributed by atoms with Gasteiger partial charge in [0.2, 0.25) is 0 Å². The second-order valence-electron chi connectivity index (χ2n) is 15.5. The lowest BCUT2D eigenvalue weighted by molar-refractivity contribution is 1.20. The fourth-order valence-corrected chi connectivity index (χ4v) is 7.88. The van der Waals surface area contributed by atoms with Crippen molar-refractivity contribution >= 4 is 62.6 Å². The van der Waals surface area contributed by atoms with Gasteiger partial charge in [-0.15, -0.1) is 0 Å². The molecule has 4 heteroatoms. The van der Waals surface area contributed by atoms with Crippen LogP contribution in [0.1, 0.15) is 23.6 Å². The van der Waals surface area contributed by atoms with E-state index in [2.05, 4.69) is 259 Å². The largest absolute Gasteiger partial charge is 0.311 e. The maximum Gasteiger partial charge on any atom is 0.0464 e. The van der Waals surface area contributed by atoms with E-state index < -0.39 is 0 Å². The standard InChI is InChI=1S/C58H52N4/c1-6-7-10-21-47(5)59(56-26-15-18-44(2)41-56)50-29-31-51(32-30-50)60(52-33-37-54(38-34-52)61(48-22-11-8-12-23-48)57-27-16-19-45(3)42-57)53-35-39-55(40-36-53)62(49-24-13-9-14-25-49)58-28-17-20-46(4)43-58/h6-43H,5H2,1-4H3/b7-6-,21-10-. The molecule has 0 amide bonds. The molecule has 0 unspecified atom stereocenters. The lowest BCUT2D eigenvalue weighted by atomic mass is 10.1. The second-order valence-corrected chi connectivity index (χ2v) is 15.5. The zero-order chi connectivity index (χ0) is 42.8. The Morgan fingerprint density at radius 3 is 1.02 bits per heavy atom. The highest BCUT2D eigenvalue weighted by Crippen LogP contribution is 2.42. The minimum atomic E-state index is 0.873. The summed E-state index contributed by atoms with van der Waals surface area (Å²) in [4.78, 5) is 9.16. The molecule has 0 aliphatic heterocycles. The van der Waals surface area contributed by atoms with Crippen LogP contribution >= 0.6 is 0 Å². The van der Waals surface area contributed by atoms with Gasteiger partial charge in [-0.1, -0.05) is 97.6 Å². The molecule has 0 radical (unpaired) electrons. The maximum atomic E-state index is 4.49. The summed E-state index contributed by atoms with van der Waals surface area (Å²) in [5.74, 6) is 0. The zero-order valence-corrected chi connectivity index (χ0v) is 35.9. The van der Waals surface area contributed by atoms with Gasteiger partial charge in [-0.05, 0) is 184 Å². The molecular weight excluding hydrogens is 753 g/mol. The van der Waals surface area contributed by atoms with Crippen LogP contribution in [0, 0.1) is 20.8 Å². The summed E-state index contributed by atoms with van der Waals surface area (Å²) in [5.41, 5.74) is 16.3. The SMILES string of the molecule is C=C(/C=C\C=C/C)N(c1ccc(N(c2ccc(N(c3ccccc3)c3cccc(C)c3)cc2)c2ccc(N(c3ccccc3)c3cccc(C)c3)cc2)cc1)c1cccc(C)c1. The molecule has 4 nitrogen and oxygen atoms in total. The van der Waals surface area contributed by atoms with Crippen LogP contribution in [-0.4, -0.2) is 0 Å². The monoisotopic (exact) mass is 804 g/mol. The van der Waals surface area contributed by atoms with Crippen molar-refractivity contribution in [1.29, 1.82) is 0 Å². The molecule has 0 bridgehead atoms. The second kappa shape index (κ2) is 19.1. The Morgan fingerprint density at radius 1 is 0.339 bits per heavy atom. The van der Waals surface area contributed by atoms with E-state index in [9.17, 15) is 0 Å². The fourth-order valence-electron chi connectivity index (χ4n) is 7.88. The van der Waals surface area contributed by atoms with Crippen molar-refractivity contribution < 1.29 is 0 Å². The molecule has 0 fully saturated rings. The molecule has 304 valence electrons. The highest BCUT2D eigenvalue weighted by molar-refractivity contribution is 5.84. The molecule has 0 aromatic heterocycles. The van der Waals surface area contributed by atoms with Crippen LogP contribution < -0.4 is 19.6 Å². The van der Waals surface area contributed by atoms with E-state index in [-0.39, 0.29) is 0 Å². The minimum absolute atomic E-state index is 0.873. The quantitative estimate of drug-likeness (QED) is 0.102. The molecule has 0 aliphatic rings. The molecule has 62 heavy (non-hydrogen) atoms. The van der Waals surface area contributed by atoms with Gasteiger partial charge in [0.15, 0.2) is 0 Å². The number of aryl methyl sites for hydroxylation is 3. The van der Waals surface area contributed by atoms with Crippen molar-refractivity contribution in [2.45, 2.75) is 27.7 Å². The summed E-state index contributed by atoms with van der Waals surface area (Å²) < 4.78 is 0. The van der Waals surface area contributed by atoms with E-state index in [0.29, 0.717) is 0 Å². The van der Waals surface area contributed by atoms with Gasteiger partial charge < -0.3 is 19.6 Å². The lowest BCUT2D eigenvalue weighted by Gasteiger charge is -2.30. The number of benzene rings is 8. The van der Waals surface area contributed by atoms with Crippen molar-refractivity contribution in [3.63, 3.8) is 0 Å². The van der Waals surface area contributed by atoms with Crippen LogP contribution in [0.2, 0.25) is 0 Å². The van der Waals surface area contributed by atoms with Crippen molar-refractivity contribution in [1.82, 2.24) is 0 Å². The zero-order valence-electron chi connectivity index (χ0n) is 35.9. The van der Waals surface area contributed by atoms with Gasteiger partial charge in [0.25, 0.3) is 0 Å². The molecule has 0 saturated heterocycles. The van der Waals surface area contributed by atoms with E-state index in [1.54, 1.807) is 0 Å². The van der Waals surface area contributed by atoms with Crippen molar-refractivity contribution in [3.8, 4) is 0 Å². The Morgan fingerprint density at radius 2 is 0.645 bits per heavy atom. The summed E-state index contributed by atoms with van der Waals surface area (Å²) in [7, 11) is 0. The molecular formula is C58H52N4. The van der Waals surface area contributed by atoms with Crippen molar-refractivity contribution in [2.24, 2.45) is 0 Å². The van der Waals surface area contributed by atoms with Crippen LogP contribution in [0.15, 0.2) is 243 Å². The molecule has 0 aliphatic carbocycles. The molecule has 8 rings (SSSR count). The molecule has 8 aromatic carbocycles. The number of para-hydroxylation sites is 2. The summed E-state index contributed by atoms with van der Waals surface area (Å²) in [5, 5.41) is 0. The first-order chi connectivity index (χ1) is 30.4. The van der Waals surface area contributed by atoms with Gasteiger partial charge in [0.1, 0.15) is 0 Å². The molecule has 0 N–H and O–H groups in total. The van der Waals surface area contributed by atoms with Crippen LogP contribution in [0.25, 0.3) is 0 Å². The van der Waals surface area contributed by atoms with Crippen molar-refractivity contribution in [2.75, 3.05) is 19.6 Å². The number of allylic oxidation sites excluding steroid dienone is 4. The van der Waals surface area contributed by atoms with E-state index in [1.165, 1.54) is 16.7 Å². The minimum Gasteiger partial charge on any atom is -0.311 e. The molecule has 0 atom stereocenters. The van der Waals surface area contributed by atoms with E-state index in [4.69, 9.17) is 0 Å². The summed E-state index contributed by atoms with van der Waals surface area (Å²) >= 11 is 0. The van der Waals surface area contributed by atoms with Crippen molar-refractivity contribution in [3.05, 3.63) is 260 Å². The third-order valence-electron chi connectivity index (χ3n) is 10.8. The summed E-state index contributed by atoms with van der Waals surface area (Å²) in [6.07, 6.45) is 8.13. The first-order valence-corrected chi connectivity index (χ1v) is 21.2. The normalized spacial score (nSPS) is 11.2. The number of anilines is 11. The van der Waals surface area contributed by atoms with Gasteiger partial charge in [-0.3, -0.25) is 0 Å². The first-order valence-electron chi connectivity index (χ1n) is 21.2. The smallest absolute Gasteiger partial charge is 0.0464 e. The number of hydrogen-bond donors (Lipinski definition) is 0. The van der Waals surface area contributed by atoms with E-state index in [0.717, 1.165) is 68.3 Å². The molecule has 8 aromatic rings. The van der Waals surface area contributed by atoms with Crippen LogP contribution in [0.4, 0.5) is 62.6 Å². The van der Waals surface area contributed by atoms with Gasteiger partial charge in [0.05, 0.1) is 0 Å². The molecule has 0 heterocycles. The molecule has 0 spiro atoms. The lowest BCUT2D eigenvalue weighted by Crippen LogP contribution is -2.15. The summed E-state index contributed by atoms with van der Waals surface area (Å²) in [6.45, 7) is 12.9. The van der Waals surface area contributed by atoms with Crippen LogP contribution in [0.3, 0.4) is 0 Å². The van der Waals surface area contributed by atoms with Crippen LogP contribution in [0.5, 0.6) is 0 Å². The number of nitrogens with zero attached hydrogens (tertiary/aromatic N) is 4. The first kappa shape index (κ1) is 40.9. The highest BCUT2D eigenvalue weighted by Gasteiger charge is 2.19. The average molecular weight is 805 g/mol. The van der Waals surface area contributed by atoms with Gasteiger partial charge in [-0.25, -0.2) is 0 Å². The van der Waals surface area contributed by atoms with Gasteiger partial charge in [0, 0.05) is 68.3 Å². The Labute approximate surface area is 367 Å². The predicted octanol–water partition coefficient (Wildman–Crippen LogP) is 16.8. The highest BCUT2D eigenvalue weighted by atomic mass is 15.2. The van der Waals surface area contributed by atoms with E-state index >= 15 is 0 Å². The summed E-state index contributed by atoms with van der Waals surface area (Å²) in [6, 6.07) is 73.5. The maximum absolute atomic E-state index is 4.49. The topological polar surface area (TPSA) is 13.0 Å². The van der Waals surface area contributed by atoms with Gasteiger partial charge in [-0.2, -0.15) is 0 Å². The van der Waals surface area contributed by atoms with Crippen LogP contribution in [-0.2, 0) is 0 Å².